The van der Waals surface area contributed by atoms with Crippen LogP contribution in [0.4, 0.5) is 0 Å². The first-order valence-corrected chi connectivity index (χ1v) is 10.6. The Bertz CT molecular complexity index is 907. The molecule has 0 aromatic heterocycles. The molecule has 0 saturated carbocycles. The molecule has 2 aromatic carbocycles. The third-order valence-corrected chi connectivity index (χ3v) is 5.34. The molecule has 0 radical (unpaired) electrons. The summed E-state index contributed by atoms with van der Waals surface area (Å²) in [6, 6.07) is 18.3. The lowest BCUT2D eigenvalue weighted by molar-refractivity contribution is -0.346. The quantitative estimate of drug-likeness (QED) is 0.689. The average molecular weight is 441 g/mol. The smallest absolute Gasteiger partial charge is 0.303 e. The Hall–Kier alpha value is -2.78. The number of hydrogen-bond donors (Lipinski definition) is 1. The second kappa shape index (κ2) is 10.2. The third-order valence-electron chi connectivity index (χ3n) is 5.34. The molecule has 2 aliphatic rings. The normalized spacial score (nSPS) is 29.6. The predicted octanol–water partition coefficient (Wildman–Crippen LogP) is 2.48. The van der Waals surface area contributed by atoms with Crippen LogP contribution in [0, 0.1) is 0 Å². The molecular formula is C24H27NO7. The van der Waals surface area contributed by atoms with Gasteiger partial charge in [-0.15, -0.1) is 0 Å². The van der Waals surface area contributed by atoms with Crippen molar-refractivity contribution in [3.8, 4) is 0 Å². The highest BCUT2D eigenvalue weighted by Gasteiger charge is 2.52. The molecule has 4 rings (SSSR count). The second-order valence-corrected chi connectivity index (χ2v) is 7.82. The second-order valence-electron chi connectivity index (χ2n) is 7.82. The van der Waals surface area contributed by atoms with Crippen LogP contribution in [-0.2, 0) is 39.9 Å². The number of amides is 1. The Balaban J connectivity index is 1.57. The van der Waals surface area contributed by atoms with E-state index in [2.05, 4.69) is 5.32 Å². The van der Waals surface area contributed by atoms with Crippen LogP contribution in [0.1, 0.15) is 31.3 Å². The van der Waals surface area contributed by atoms with E-state index in [0.717, 1.165) is 11.1 Å². The fraction of sp³-hybridized carbons (Fsp3) is 0.417. The maximum absolute atomic E-state index is 12.0. The van der Waals surface area contributed by atoms with E-state index in [0.29, 0.717) is 0 Å². The summed E-state index contributed by atoms with van der Waals surface area (Å²) in [6.45, 7) is 3.20. The molecule has 170 valence electrons. The highest BCUT2D eigenvalue weighted by molar-refractivity contribution is 5.73. The van der Waals surface area contributed by atoms with Gasteiger partial charge in [0.05, 0.1) is 13.2 Å². The number of esters is 1. The van der Waals surface area contributed by atoms with Gasteiger partial charge in [0.15, 0.2) is 18.7 Å². The van der Waals surface area contributed by atoms with Crippen molar-refractivity contribution >= 4 is 11.9 Å². The highest BCUT2D eigenvalue weighted by atomic mass is 16.8. The molecular weight excluding hydrogens is 414 g/mol. The van der Waals surface area contributed by atoms with E-state index in [1.165, 1.54) is 13.8 Å². The van der Waals surface area contributed by atoms with Crippen LogP contribution in [0.25, 0.3) is 0 Å². The van der Waals surface area contributed by atoms with E-state index in [1.54, 1.807) is 0 Å². The summed E-state index contributed by atoms with van der Waals surface area (Å²) in [6.07, 6.45) is -3.49. The van der Waals surface area contributed by atoms with Crippen LogP contribution < -0.4 is 5.32 Å². The van der Waals surface area contributed by atoms with Gasteiger partial charge in [0.25, 0.3) is 0 Å². The van der Waals surface area contributed by atoms with Gasteiger partial charge in [0, 0.05) is 19.4 Å². The zero-order valence-electron chi connectivity index (χ0n) is 18.0. The Labute approximate surface area is 186 Å². The minimum Gasteiger partial charge on any atom is -0.457 e. The van der Waals surface area contributed by atoms with Gasteiger partial charge < -0.3 is 29.0 Å². The fourth-order valence-electron chi connectivity index (χ4n) is 3.97. The van der Waals surface area contributed by atoms with Gasteiger partial charge in [0.1, 0.15) is 18.2 Å². The number of rotatable bonds is 6. The molecule has 2 aliphatic heterocycles. The molecule has 0 bridgehead atoms. The first-order valence-electron chi connectivity index (χ1n) is 10.6. The molecule has 32 heavy (non-hydrogen) atoms. The van der Waals surface area contributed by atoms with Crippen LogP contribution in [0.3, 0.4) is 0 Å². The molecule has 2 fully saturated rings. The lowest BCUT2D eigenvalue weighted by Crippen LogP contribution is -2.67. The monoisotopic (exact) mass is 441 g/mol. The predicted molar refractivity (Wildman–Crippen MR) is 113 cm³/mol. The van der Waals surface area contributed by atoms with Gasteiger partial charge in [-0.2, -0.15) is 0 Å². The minimum absolute atomic E-state index is 0.222. The molecule has 6 atom stereocenters. The van der Waals surface area contributed by atoms with Gasteiger partial charge in [-0.1, -0.05) is 60.7 Å². The zero-order valence-corrected chi connectivity index (χ0v) is 18.0. The van der Waals surface area contributed by atoms with Crippen LogP contribution in [-0.4, -0.2) is 49.1 Å². The van der Waals surface area contributed by atoms with Crippen LogP contribution in [0.5, 0.6) is 0 Å². The van der Waals surface area contributed by atoms with Crippen molar-refractivity contribution in [1.29, 1.82) is 0 Å². The maximum atomic E-state index is 12.0. The molecule has 2 saturated heterocycles. The third kappa shape index (κ3) is 5.34. The number of carbonyl (C=O) groups excluding carboxylic acids is 2. The summed E-state index contributed by atoms with van der Waals surface area (Å²) in [7, 11) is 0. The van der Waals surface area contributed by atoms with E-state index in [1.807, 2.05) is 60.7 Å². The first kappa shape index (κ1) is 22.4. The topological polar surface area (TPSA) is 92.3 Å². The molecule has 0 spiro atoms. The molecule has 2 heterocycles. The maximum Gasteiger partial charge on any atom is 0.303 e. The van der Waals surface area contributed by atoms with Crippen molar-refractivity contribution in [2.75, 3.05) is 6.61 Å². The average Bonchev–Trinajstić information content (AvgIpc) is 2.80. The Kier molecular flexibility index (Phi) is 7.16. The number of nitrogens with one attached hydrogen (secondary N) is 1. The van der Waals surface area contributed by atoms with Crippen molar-refractivity contribution in [2.24, 2.45) is 0 Å². The number of carbonyl (C=O) groups is 2. The van der Waals surface area contributed by atoms with Crippen LogP contribution in [0.15, 0.2) is 60.7 Å². The SMILES string of the molecule is CC(=O)NC1C(OCc2ccccc2)OC2COC(c3ccccc3)OC2C1OC(C)=O. The molecule has 1 N–H and O–H groups in total. The number of fused-ring (bicyclic) bond motifs is 1. The lowest BCUT2D eigenvalue weighted by Gasteiger charge is -2.48. The van der Waals surface area contributed by atoms with E-state index >= 15 is 0 Å². The Morgan fingerprint density at radius 1 is 1.00 bits per heavy atom. The standard InChI is InChI=1S/C24H27NO7/c1-15(26)25-20-22(30-16(2)27)21-19(14-29-23(32-21)18-11-7-4-8-12-18)31-24(20)28-13-17-9-5-3-6-10-17/h3-12,19-24H,13-14H2,1-2H3,(H,25,26). The zero-order chi connectivity index (χ0) is 22.5. The summed E-state index contributed by atoms with van der Waals surface area (Å²) < 4.78 is 29.9. The number of benzene rings is 2. The van der Waals surface area contributed by atoms with Gasteiger partial charge in [-0.05, 0) is 5.56 Å². The Morgan fingerprint density at radius 2 is 1.69 bits per heavy atom. The first-order chi connectivity index (χ1) is 15.5. The van der Waals surface area contributed by atoms with Crippen molar-refractivity contribution in [3.63, 3.8) is 0 Å². The summed E-state index contributed by atoms with van der Waals surface area (Å²) in [4.78, 5) is 23.9. The van der Waals surface area contributed by atoms with Gasteiger partial charge in [0.2, 0.25) is 5.91 Å². The molecule has 0 aliphatic carbocycles. The van der Waals surface area contributed by atoms with Crippen LogP contribution in [0.2, 0.25) is 0 Å². The fourth-order valence-corrected chi connectivity index (χ4v) is 3.97. The van der Waals surface area contributed by atoms with Gasteiger partial charge >= 0.3 is 5.97 Å². The lowest BCUT2D eigenvalue weighted by atomic mass is 9.95. The summed E-state index contributed by atoms with van der Waals surface area (Å²) in [5, 5.41) is 2.82. The summed E-state index contributed by atoms with van der Waals surface area (Å²) in [5.41, 5.74) is 1.79. The van der Waals surface area contributed by atoms with Crippen molar-refractivity contribution in [1.82, 2.24) is 5.32 Å². The van der Waals surface area contributed by atoms with Crippen molar-refractivity contribution < 1.29 is 33.3 Å². The van der Waals surface area contributed by atoms with Crippen molar-refractivity contribution in [2.45, 2.75) is 57.4 Å². The largest absolute Gasteiger partial charge is 0.457 e. The molecule has 8 nitrogen and oxygen atoms in total. The summed E-state index contributed by atoms with van der Waals surface area (Å²) in [5.74, 6) is -0.784. The van der Waals surface area contributed by atoms with Crippen LogP contribution >= 0.6 is 0 Å². The van der Waals surface area contributed by atoms with E-state index < -0.39 is 42.9 Å². The highest BCUT2D eigenvalue weighted by Crippen LogP contribution is 2.36. The van der Waals surface area contributed by atoms with Crippen molar-refractivity contribution in [3.05, 3.63) is 71.8 Å². The number of ether oxygens (including phenoxy) is 5. The summed E-state index contributed by atoms with van der Waals surface area (Å²) >= 11 is 0. The Morgan fingerprint density at radius 3 is 2.34 bits per heavy atom. The minimum atomic E-state index is -0.856. The van der Waals surface area contributed by atoms with E-state index in [9.17, 15) is 9.59 Å². The van der Waals surface area contributed by atoms with Gasteiger partial charge in [-0.25, -0.2) is 0 Å². The molecule has 1 amide bonds. The molecule has 6 unspecified atom stereocenters. The van der Waals surface area contributed by atoms with Gasteiger partial charge in [-0.3, -0.25) is 9.59 Å². The van der Waals surface area contributed by atoms with E-state index in [-0.39, 0.29) is 19.1 Å². The molecule has 8 heteroatoms. The number of hydrogen-bond acceptors (Lipinski definition) is 7. The molecule has 2 aromatic rings. The van der Waals surface area contributed by atoms with E-state index in [4.69, 9.17) is 23.7 Å².